The van der Waals surface area contributed by atoms with E-state index in [9.17, 15) is 4.21 Å². The van der Waals surface area contributed by atoms with Crippen LogP contribution in [0.25, 0.3) is 28.1 Å². The highest BCUT2D eigenvalue weighted by molar-refractivity contribution is 7.84. The van der Waals surface area contributed by atoms with Gasteiger partial charge >= 0.3 is 0 Å². The predicted octanol–water partition coefficient (Wildman–Crippen LogP) is 5.32. The molecule has 3 aromatic rings. The van der Waals surface area contributed by atoms with E-state index in [1.165, 1.54) is 0 Å². The average molecular weight is 468 g/mol. The molecule has 170 valence electrons. The first-order chi connectivity index (χ1) is 16.5. The number of rotatable bonds is 5. The molecule has 0 amide bonds. The van der Waals surface area contributed by atoms with E-state index in [2.05, 4.69) is 40.8 Å². The van der Waals surface area contributed by atoms with Crippen LogP contribution in [0.15, 0.2) is 95.1 Å². The molecule has 0 spiro atoms. The van der Waals surface area contributed by atoms with Crippen LogP contribution in [0.1, 0.15) is 13.8 Å². The summed E-state index contributed by atoms with van der Waals surface area (Å²) in [5, 5.41) is 4.31. The molecule has 6 nitrogen and oxygen atoms in total. The topological polar surface area (TPSA) is 72.2 Å². The second kappa shape index (κ2) is 9.19. The zero-order valence-electron chi connectivity index (χ0n) is 19.3. The van der Waals surface area contributed by atoms with Crippen LogP contribution in [-0.2, 0) is 10.8 Å². The quantitative estimate of drug-likeness (QED) is 0.355. The first-order valence-corrected chi connectivity index (χ1v) is 12.7. The van der Waals surface area contributed by atoms with Crippen molar-refractivity contribution < 1.29 is 4.21 Å². The van der Waals surface area contributed by atoms with Gasteiger partial charge in [-0.05, 0) is 74.5 Å². The Kier molecular flexibility index (Phi) is 5.94. The van der Waals surface area contributed by atoms with Crippen LogP contribution in [0.4, 0.5) is 11.4 Å². The smallest absolute Gasteiger partial charge is 0.0900 e. The normalized spacial score (nSPS) is 13.0. The molecule has 0 saturated carbocycles. The van der Waals surface area contributed by atoms with Gasteiger partial charge in [0.05, 0.1) is 45.4 Å². The molecule has 1 atom stereocenters. The van der Waals surface area contributed by atoms with Gasteiger partial charge in [0.25, 0.3) is 0 Å². The summed E-state index contributed by atoms with van der Waals surface area (Å²) in [6.45, 7) is 4.13. The Hall–Kier alpha value is -3.84. The lowest BCUT2D eigenvalue weighted by molar-refractivity contribution is 0.687. The maximum absolute atomic E-state index is 11.9. The standard InChI is InChI=1S/C27H25N5OS/c1-18(2)29-24-16-27-25(15-23(24)30-19-7-6-14-28-17-19)31-22-8-4-5-9-26(22)32(27)20-10-12-21(13-11-20)34(3)33/h4-18,30H,1-3H3. The molecule has 1 aliphatic carbocycles. The van der Waals surface area contributed by atoms with Crippen molar-refractivity contribution in [1.82, 2.24) is 14.5 Å². The molecule has 1 unspecified atom stereocenters. The van der Waals surface area contributed by atoms with Gasteiger partial charge in [-0.2, -0.15) is 0 Å². The highest BCUT2D eigenvalue weighted by Gasteiger charge is 2.17. The summed E-state index contributed by atoms with van der Waals surface area (Å²) in [6.07, 6.45) is 5.23. The van der Waals surface area contributed by atoms with Crippen molar-refractivity contribution in [1.29, 1.82) is 0 Å². The van der Waals surface area contributed by atoms with Crippen molar-refractivity contribution >= 4 is 33.2 Å². The van der Waals surface area contributed by atoms with E-state index in [1.54, 1.807) is 18.6 Å². The Morgan fingerprint density at radius 1 is 1.00 bits per heavy atom. The zero-order chi connectivity index (χ0) is 23.7. The van der Waals surface area contributed by atoms with Gasteiger partial charge < -0.3 is 9.88 Å². The molecule has 1 aliphatic heterocycles. The van der Waals surface area contributed by atoms with E-state index in [4.69, 9.17) is 9.98 Å². The Labute approximate surface area is 200 Å². The third-order valence-electron chi connectivity index (χ3n) is 5.46. The maximum atomic E-state index is 11.9. The third-order valence-corrected chi connectivity index (χ3v) is 6.40. The van der Waals surface area contributed by atoms with Gasteiger partial charge in [0.2, 0.25) is 0 Å². The molecule has 34 heavy (non-hydrogen) atoms. The van der Waals surface area contributed by atoms with Crippen molar-refractivity contribution in [2.75, 3.05) is 11.6 Å². The fraction of sp³-hybridized carbons (Fsp3) is 0.148. The van der Waals surface area contributed by atoms with Gasteiger partial charge in [0, 0.05) is 39.9 Å². The van der Waals surface area contributed by atoms with Gasteiger partial charge in [-0.15, -0.1) is 0 Å². The van der Waals surface area contributed by atoms with E-state index in [0.717, 1.165) is 49.7 Å². The van der Waals surface area contributed by atoms with Gasteiger partial charge in [0.15, 0.2) is 0 Å². The average Bonchev–Trinajstić information content (AvgIpc) is 2.83. The lowest BCUT2D eigenvalue weighted by Crippen LogP contribution is -2.16. The van der Waals surface area contributed by atoms with Crippen LogP contribution >= 0.6 is 0 Å². The van der Waals surface area contributed by atoms with Crippen molar-refractivity contribution in [2.45, 2.75) is 24.8 Å². The molecule has 1 N–H and O–H groups in total. The highest BCUT2D eigenvalue weighted by Crippen LogP contribution is 2.30. The Bertz CT molecular complexity index is 1530. The number of hydrogen-bond acceptors (Lipinski definition) is 5. The summed E-state index contributed by atoms with van der Waals surface area (Å²) in [6, 6.07) is 24.0. The largest absolute Gasteiger partial charge is 0.352 e. The predicted molar refractivity (Wildman–Crippen MR) is 138 cm³/mol. The Balaban J connectivity index is 1.80. The summed E-state index contributed by atoms with van der Waals surface area (Å²) in [5.74, 6) is 0. The first kappa shape index (κ1) is 22.0. The Morgan fingerprint density at radius 3 is 2.50 bits per heavy atom. The second-order valence-corrected chi connectivity index (χ2v) is 9.71. The molecule has 0 saturated heterocycles. The summed E-state index contributed by atoms with van der Waals surface area (Å²) < 4.78 is 14.1. The SMILES string of the molecule is CC(C)N=c1cc2n(-c3ccc(S(C)=O)cc3)c3ccccc3nc-2cc1Nc1cccnc1. The number of nitrogens with zero attached hydrogens (tertiary/aromatic N) is 4. The molecular weight excluding hydrogens is 442 g/mol. The minimum absolute atomic E-state index is 0.118. The third kappa shape index (κ3) is 4.34. The van der Waals surface area contributed by atoms with Crippen LogP contribution in [-0.4, -0.2) is 31.0 Å². The number of pyridine rings is 1. The second-order valence-electron chi connectivity index (χ2n) is 8.33. The lowest BCUT2D eigenvalue weighted by Gasteiger charge is -2.20. The molecule has 1 aromatic heterocycles. The van der Waals surface area contributed by atoms with Gasteiger partial charge in [-0.3, -0.25) is 14.2 Å². The maximum Gasteiger partial charge on any atom is 0.0900 e. The number of aromatic nitrogens is 3. The van der Waals surface area contributed by atoms with Crippen LogP contribution in [0.5, 0.6) is 0 Å². The Morgan fingerprint density at radius 2 is 1.79 bits per heavy atom. The number of para-hydroxylation sites is 2. The van der Waals surface area contributed by atoms with Crippen LogP contribution in [0.2, 0.25) is 0 Å². The van der Waals surface area contributed by atoms with E-state index in [1.807, 2.05) is 60.7 Å². The van der Waals surface area contributed by atoms with E-state index < -0.39 is 10.8 Å². The van der Waals surface area contributed by atoms with Crippen molar-refractivity contribution in [3.05, 3.63) is 90.5 Å². The number of anilines is 2. The summed E-state index contributed by atoms with van der Waals surface area (Å²) in [4.78, 5) is 14.9. The van der Waals surface area contributed by atoms with Crippen LogP contribution in [0, 0.1) is 0 Å². The molecule has 2 aliphatic rings. The fourth-order valence-corrected chi connectivity index (χ4v) is 4.50. The van der Waals surface area contributed by atoms with Crippen molar-refractivity contribution in [3.63, 3.8) is 0 Å². The van der Waals surface area contributed by atoms with E-state index in [-0.39, 0.29) is 6.04 Å². The monoisotopic (exact) mass is 467 g/mol. The summed E-state index contributed by atoms with van der Waals surface area (Å²) in [5.41, 5.74) is 6.40. The molecule has 0 fully saturated rings. The minimum Gasteiger partial charge on any atom is -0.352 e. The number of fused-ring (bicyclic) bond motifs is 2. The molecule has 7 heteroatoms. The lowest BCUT2D eigenvalue weighted by atomic mass is 10.1. The van der Waals surface area contributed by atoms with Gasteiger partial charge in [-0.25, -0.2) is 4.98 Å². The van der Waals surface area contributed by atoms with Gasteiger partial charge in [0.1, 0.15) is 0 Å². The molecule has 0 radical (unpaired) electrons. The van der Waals surface area contributed by atoms with Crippen LogP contribution in [0.3, 0.4) is 0 Å². The minimum atomic E-state index is -1.03. The molecule has 5 rings (SSSR count). The van der Waals surface area contributed by atoms with Crippen molar-refractivity contribution in [3.8, 4) is 17.1 Å². The summed E-state index contributed by atoms with van der Waals surface area (Å²) in [7, 11) is -1.03. The number of nitrogens with one attached hydrogen (secondary N) is 1. The highest BCUT2D eigenvalue weighted by atomic mass is 32.2. The fourth-order valence-electron chi connectivity index (χ4n) is 3.98. The zero-order valence-corrected chi connectivity index (χ0v) is 20.1. The van der Waals surface area contributed by atoms with Gasteiger partial charge in [-0.1, -0.05) is 12.1 Å². The number of hydrogen-bond donors (Lipinski definition) is 1. The van der Waals surface area contributed by atoms with Crippen molar-refractivity contribution in [2.24, 2.45) is 4.99 Å². The first-order valence-electron chi connectivity index (χ1n) is 11.1. The molecule has 0 bridgehead atoms. The summed E-state index contributed by atoms with van der Waals surface area (Å²) >= 11 is 0. The van der Waals surface area contributed by atoms with Crippen LogP contribution < -0.4 is 10.7 Å². The number of benzene rings is 3. The van der Waals surface area contributed by atoms with E-state index >= 15 is 0 Å². The van der Waals surface area contributed by atoms with E-state index in [0.29, 0.717) is 0 Å². The molecule has 2 aromatic carbocycles. The molecular formula is C27H25N5OS. The molecule has 2 heterocycles.